The van der Waals surface area contributed by atoms with Gasteiger partial charge in [0.1, 0.15) is 18.0 Å². The minimum atomic E-state index is -0.649. The standard InChI is InChI=1S/C26H24FN5O/c1-6-20-23(15(4)27)26(30-12-29-20)32-21-9-7-8-17(14(21)3)18-10-11-19(25(28)33)24-22(18)13(2)16(5)31-24/h6-12,31H,1,4H2,2-3,5H3,(H2,28,33)(H,29,30,32). The van der Waals surface area contributed by atoms with Gasteiger partial charge in [-0.2, -0.15) is 0 Å². The molecule has 0 spiro atoms. The van der Waals surface area contributed by atoms with Crippen LogP contribution in [0.3, 0.4) is 0 Å². The Hall–Kier alpha value is -4.26. The number of carbonyl (C=O) groups is 1. The Morgan fingerprint density at radius 2 is 1.88 bits per heavy atom. The van der Waals surface area contributed by atoms with E-state index in [9.17, 15) is 9.18 Å². The number of primary amides is 1. The van der Waals surface area contributed by atoms with Gasteiger partial charge in [0, 0.05) is 16.8 Å². The SMILES string of the molecule is C=Cc1ncnc(Nc2cccc(-c3ccc(C(N)=O)c4[nH]c(C)c(C)c34)c2C)c1C(=C)F. The molecule has 33 heavy (non-hydrogen) atoms. The number of nitrogens with one attached hydrogen (secondary N) is 2. The molecular weight excluding hydrogens is 417 g/mol. The molecule has 0 saturated heterocycles. The molecule has 6 nitrogen and oxygen atoms in total. The van der Waals surface area contributed by atoms with E-state index in [0.717, 1.165) is 44.5 Å². The number of fused-ring (bicyclic) bond motifs is 1. The summed E-state index contributed by atoms with van der Waals surface area (Å²) in [6, 6.07) is 9.45. The molecule has 1 amide bonds. The Balaban J connectivity index is 1.89. The largest absolute Gasteiger partial charge is 0.366 e. The van der Waals surface area contributed by atoms with Crippen molar-refractivity contribution in [1.82, 2.24) is 15.0 Å². The zero-order chi connectivity index (χ0) is 23.9. The zero-order valence-electron chi connectivity index (χ0n) is 18.7. The molecule has 4 N–H and O–H groups in total. The fraction of sp³-hybridized carbons (Fsp3) is 0.115. The van der Waals surface area contributed by atoms with E-state index in [0.29, 0.717) is 17.1 Å². The molecule has 0 aliphatic rings. The molecule has 0 aliphatic carbocycles. The monoisotopic (exact) mass is 441 g/mol. The van der Waals surface area contributed by atoms with Gasteiger partial charge in [0.25, 0.3) is 5.91 Å². The molecular formula is C26H24FN5O. The predicted molar refractivity (Wildman–Crippen MR) is 132 cm³/mol. The van der Waals surface area contributed by atoms with E-state index in [-0.39, 0.29) is 5.56 Å². The average molecular weight is 442 g/mol. The van der Waals surface area contributed by atoms with E-state index < -0.39 is 11.7 Å². The van der Waals surface area contributed by atoms with Crippen molar-refractivity contribution in [3.8, 4) is 11.1 Å². The van der Waals surface area contributed by atoms with Crippen molar-refractivity contribution in [2.45, 2.75) is 20.8 Å². The van der Waals surface area contributed by atoms with Gasteiger partial charge in [0.15, 0.2) is 0 Å². The number of nitrogens with zero attached hydrogens (tertiary/aromatic N) is 2. The van der Waals surface area contributed by atoms with Gasteiger partial charge < -0.3 is 16.0 Å². The third-order valence-electron chi connectivity index (χ3n) is 5.94. The van der Waals surface area contributed by atoms with Crippen molar-refractivity contribution in [3.05, 3.63) is 83.5 Å². The average Bonchev–Trinajstić information content (AvgIpc) is 3.08. The summed E-state index contributed by atoms with van der Waals surface area (Å²) in [6.45, 7) is 13.1. The second-order valence-corrected chi connectivity index (χ2v) is 7.84. The van der Waals surface area contributed by atoms with Crippen LogP contribution in [0, 0.1) is 20.8 Å². The topological polar surface area (TPSA) is 96.7 Å². The van der Waals surface area contributed by atoms with Crippen LogP contribution in [0.4, 0.5) is 15.9 Å². The maximum absolute atomic E-state index is 14.2. The molecule has 0 unspecified atom stereocenters. The Bertz CT molecular complexity index is 1450. The Labute approximate surface area is 191 Å². The van der Waals surface area contributed by atoms with E-state index in [1.165, 1.54) is 12.4 Å². The summed E-state index contributed by atoms with van der Waals surface area (Å²) in [7, 11) is 0. The van der Waals surface area contributed by atoms with E-state index in [1.54, 1.807) is 6.07 Å². The Kier molecular flexibility index (Phi) is 5.55. The summed E-state index contributed by atoms with van der Waals surface area (Å²) in [6.07, 6.45) is 2.81. The highest BCUT2D eigenvalue weighted by atomic mass is 19.1. The molecule has 7 heteroatoms. The summed E-state index contributed by atoms with van der Waals surface area (Å²) < 4.78 is 14.2. The highest BCUT2D eigenvalue weighted by molar-refractivity contribution is 6.11. The maximum atomic E-state index is 14.2. The summed E-state index contributed by atoms with van der Waals surface area (Å²) in [4.78, 5) is 23.6. The number of carbonyl (C=O) groups excluding carboxylic acids is 1. The van der Waals surface area contributed by atoms with Crippen molar-refractivity contribution < 1.29 is 9.18 Å². The number of aromatic amines is 1. The number of nitrogens with two attached hydrogens (primary N) is 1. The predicted octanol–water partition coefficient (Wildman–Crippen LogP) is 5.98. The molecule has 0 radical (unpaired) electrons. The molecule has 0 fully saturated rings. The lowest BCUT2D eigenvalue weighted by molar-refractivity contribution is 0.100. The van der Waals surface area contributed by atoms with Gasteiger partial charge in [-0.25, -0.2) is 14.4 Å². The van der Waals surface area contributed by atoms with Gasteiger partial charge in [-0.05, 0) is 61.2 Å². The van der Waals surface area contributed by atoms with Gasteiger partial charge in [-0.15, -0.1) is 0 Å². The van der Waals surface area contributed by atoms with Crippen LogP contribution in [0.25, 0.3) is 33.9 Å². The quantitative estimate of drug-likeness (QED) is 0.343. The first-order chi connectivity index (χ1) is 15.7. The highest BCUT2D eigenvalue weighted by Gasteiger charge is 2.19. The summed E-state index contributed by atoms with van der Waals surface area (Å²) in [5.74, 6) is -0.833. The molecule has 0 aliphatic heterocycles. The van der Waals surface area contributed by atoms with Crippen LogP contribution in [0.2, 0.25) is 0 Å². The number of benzene rings is 2. The van der Waals surface area contributed by atoms with E-state index in [4.69, 9.17) is 5.73 Å². The number of H-pyrrole nitrogens is 1. The normalized spacial score (nSPS) is 10.9. The molecule has 2 aromatic carbocycles. The Morgan fingerprint density at radius 3 is 2.55 bits per heavy atom. The minimum Gasteiger partial charge on any atom is -0.366 e. The minimum absolute atomic E-state index is 0.169. The van der Waals surface area contributed by atoms with Crippen molar-refractivity contribution in [2.24, 2.45) is 5.73 Å². The number of rotatable bonds is 6. The van der Waals surface area contributed by atoms with E-state index in [1.807, 2.05) is 45.0 Å². The molecule has 4 aromatic rings. The number of aryl methyl sites for hydroxylation is 2. The van der Waals surface area contributed by atoms with Gasteiger partial charge >= 0.3 is 0 Å². The van der Waals surface area contributed by atoms with E-state index in [2.05, 4.69) is 33.4 Å². The van der Waals surface area contributed by atoms with Gasteiger partial charge in [0.05, 0.1) is 22.3 Å². The Morgan fingerprint density at radius 1 is 1.12 bits per heavy atom. The van der Waals surface area contributed by atoms with Gasteiger partial charge in [0.2, 0.25) is 0 Å². The molecule has 166 valence electrons. The first-order valence-electron chi connectivity index (χ1n) is 10.4. The number of hydrogen-bond acceptors (Lipinski definition) is 4. The summed E-state index contributed by atoms with van der Waals surface area (Å²) >= 11 is 0. The summed E-state index contributed by atoms with van der Waals surface area (Å²) in [5.41, 5.74) is 12.9. The number of aromatic nitrogens is 3. The number of amides is 1. The zero-order valence-corrected chi connectivity index (χ0v) is 18.7. The third-order valence-corrected chi connectivity index (χ3v) is 5.94. The van der Waals surface area contributed by atoms with Crippen LogP contribution in [-0.2, 0) is 0 Å². The lowest BCUT2D eigenvalue weighted by atomic mass is 9.93. The number of hydrogen-bond donors (Lipinski definition) is 3. The van der Waals surface area contributed by atoms with Crippen LogP contribution in [0.5, 0.6) is 0 Å². The first kappa shape index (κ1) is 22.0. The van der Waals surface area contributed by atoms with Gasteiger partial charge in [-0.1, -0.05) is 31.4 Å². The molecule has 0 bridgehead atoms. The van der Waals surface area contributed by atoms with Crippen molar-refractivity contribution in [1.29, 1.82) is 0 Å². The van der Waals surface area contributed by atoms with Crippen LogP contribution < -0.4 is 11.1 Å². The first-order valence-corrected chi connectivity index (χ1v) is 10.4. The fourth-order valence-electron chi connectivity index (χ4n) is 4.13. The number of halogens is 1. The number of anilines is 2. The van der Waals surface area contributed by atoms with Crippen LogP contribution >= 0.6 is 0 Å². The van der Waals surface area contributed by atoms with Crippen LogP contribution in [0.15, 0.2) is 49.8 Å². The smallest absolute Gasteiger partial charge is 0.250 e. The van der Waals surface area contributed by atoms with Gasteiger partial charge in [-0.3, -0.25) is 4.79 Å². The lowest BCUT2D eigenvalue weighted by Crippen LogP contribution is -2.11. The fourth-order valence-corrected chi connectivity index (χ4v) is 4.13. The van der Waals surface area contributed by atoms with Crippen LogP contribution in [0.1, 0.15) is 38.4 Å². The molecule has 0 atom stereocenters. The molecule has 4 rings (SSSR count). The van der Waals surface area contributed by atoms with Crippen molar-refractivity contribution in [3.63, 3.8) is 0 Å². The second-order valence-electron chi connectivity index (χ2n) is 7.84. The molecule has 2 aromatic heterocycles. The van der Waals surface area contributed by atoms with Crippen molar-refractivity contribution >= 4 is 40.2 Å². The van der Waals surface area contributed by atoms with E-state index >= 15 is 0 Å². The third kappa shape index (κ3) is 3.67. The molecule has 0 saturated carbocycles. The maximum Gasteiger partial charge on any atom is 0.250 e. The van der Waals surface area contributed by atoms with Crippen molar-refractivity contribution in [2.75, 3.05) is 5.32 Å². The molecule has 2 heterocycles. The van der Waals surface area contributed by atoms with Crippen LogP contribution in [-0.4, -0.2) is 20.9 Å². The highest BCUT2D eigenvalue weighted by Crippen LogP contribution is 2.38. The lowest BCUT2D eigenvalue weighted by Gasteiger charge is -2.16. The second kappa shape index (κ2) is 8.35. The summed E-state index contributed by atoms with van der Waals surface area (Å²) in [5, 5.41) is 4.17.